The summed E-state index contributed by atoms with van der Waals surface area (Å²) in [6, 6.07) is 0. The number of rotatable bonds is 1. The summed E-state index contributed by atoms with van der Waals surface area (Å²) in [4.78, 5) is 0. The third-order valence-electron chi connectivity index (χ3n) is 2.40. The summed E-state index contributed by atoms with van der Waals surface area (Å²) in [6.07, 6.45) is 6.81. The molecule has 0 saturated heterocycles. The lowest BCUT2D eigenvalue weighted by Crippen LogP contribution is -2.04. The van der Waals surface area contributed by atoms with E-state index in [9.17, 15) is 0 Å². The monoisotopic (exact) mass is 168 g/mol. The summed E-state index contributed by atoms with van der Waals surface area (Å²) in [5.41, 5.74) is 1.23. The van der Waals surface area contributed by atoms with Crippen LogP contribution >= 0.6 is 11.5 Å². The van der Waals surface area contributed by atoms with E-state index in [0.29, 0.717) is 0 Å². The van der Waals surface area contributed by atoms with Gasteiger partial charge >= 0.3 is 0 Å². The van der Waals surface area contributed by atoms with E-state index in [2.05, 4.69) is 15.0 Å². The topological polar surface area (TPSA) is 25.8 Å². The lowest BCUT2D eigenvalue weighted by molar-refractivity contribution is 0.436. The fraction of sp³-hybridized carbons (Fsp3) is 0.750. The second-order valence-corrected chi connectivity index (χ2v) is 3.77. The molecule has 1 aliphatic carbocycles. The Morgan fingerprint density at radius 3 is 2.73 bits per heavy atom. The van der Waals surface area contributed by atoms with Gasteiger partial charge in [-0.2, -0.15) is 0 Å². The number of nitrogens with zero attached hydrogens (tertiary/aromatic N) is 2. The first-order chi connectivity index (χ1) is 5.47. The predicted molar refractivity (Wildman–Crippen MR) is 45.7 cm³/mol. The van der Waals surface area contributed by atoms with E-state index in [1.807, 2.05) is 0 Å². The summed E-state index contributed by atoms with van der Waals surface area (Å²) in [5, 5.41) is 6.20. The Bertz CT molecular complexity index is 202. The molecule has 1 aromatic heterocycles. The summed E-state index contributed by atoms with van der Waals surface area (Å²) >= 11 is 1.47. The highest BCUT2D eigenvalue weighted by Gasteiger charge is 2.16. The van der Waals surface area contributed by atoms with E-state index in [1.165, 1.54) is 49.3 Å². The average Bonchev–Trinajstić information content (AvgIpc) is 2.58. The Balaban J connectivity index is 2.04. The fourth-order valence-electron chi connectivity index (χ4n) is 1.75. The Hall–Kier alpha value is -0.440. The third kappa shape index (κ3) is 1.59. The molecule has 0 atom stereocenters. The van der Waals surface area contributed by atoms with E-state index in [-0.39, 0.29) is 0 Å². The first kappa shape index (κ1) is 7.22. The lowest BCUT2D eigenvalue weighted by atomic mass is 9.87. The van der Waals surface area contributed by atoms with Crippen molar-refractivity contribution in [3.63, 3.8) is 0 Å². The van der Waals surface area contributed by atoms with Gasteiger partial charge in [0.25, 0.3) is 0 Å². The van der Waals surface area contributed by atoms with Crippen LogP contribution in [0.3, 0.4) is 0 Å². The quantitative estimate of drug-likeness (QED) is 0.644. The van der Waals surface area contributed by atoms with E-state index in [1.54, 1.807) is 0 Å². The molecule has 0 spiro atoms. The second-order valence-electron chi connectivity index (χ2n) is 3.16. The summed E-state index contributed by atoms with van der Waals surface area (Å²) < 4.78 is 3.89. The van der Waals surface area contributed by atoms with Crippen molar-refractivity contribution in [1.82, 2.24) is 9.59 Å². The van der Waals surface area contributed by atoms with Gasteiger partial charge in [-0.15, -0.1) is 5.10 Å². The zero-order chi connectivity index (χ0) is 7.52. The molecular weight excluding hydrogens is 156 g/mol. The molecule has 1 saturated carbocycles. The molecule has 2 nitrogen and oxygen atoms in total. The normalized spacial score (nSPS) is 20.4. The van der Waals surface area contributed by atoms with Gasteiger partial charge in [0.15, 0.2) is 0 Å². The maximum Gasteiger partial charge on any atom is 0.0786 e. The van der Waals surface area contributed by atoms with Gasteiger partial charge in [-0.05, 0) is 24.4 Å². The van der Waals surface area contributed by atoms with Crippen LogP contribution in [-0.4, -0.2) is 9.59 Å². The molecule has 3 heteroatoms. The maximum absolute atomic E-state index is 4.11. The van der Waals surface area contributed by atoms with Crippen molar-refractivity contribution < 1.29 is 0 Å². The Morgan fingerprint density at radius 2 is 2.09 bits per heavy atom. The van der Waals surface area contributed by atoms with Gasteiger partial charge in [-0.3, -0.25) is 0 Å². The minimum atomic E-state index is 0.725. The number of aromatic nitrogens is 2. The van der Waals surface area contributed by atoms with Gasteiger partial charge in [0.2, 0.25) is 0 Å². The molecule has 11 heavy (non-hydrogen) atoms. The molecular formula is C8H12N2S. The van der Waals surface area contributed by atoms with Gasteiger partial charge < -0.3 is 0 Å². The molecule has 0 amide bonds. The van der Waals surface area contributed by atoms with Crippen molar-refractivity contribution in [2.24, 2.45) is 0 Å². The number of hydrogen-bond donors (Lipinski definition) is 0. The molecule has 2 rings (SSSR count). The second kappa shape index (κ2) is 3.30. The molecule has 0 unspecified atom stereocenters. The molecule has 0 aliphatic heterocycles. The molecule has 60 valence electrons. The van der Waals surface area contributed by atoms with Crippen molar-refractivity contribution in [2.45, 2.75) is 38.0 Å². The number of hydrogen-bond acceptors (Lipinski definition) is 3. The third-order valence-corrected chi connectivity index (χ3v) is 2.92. The summed E-state index contributed by atoms with van der Waals surface area (Å²) in [6.45, 7) is 0. The standard InChI is InChI=1S/C8H12N2S/c1-2-4-7(5-3-1)8-6-11-10-9-8/h6-7H,1-5H2. The lowest BCUT2D eigenvalue weighted by Gasteiger charge is -2.18. The smallest absolute Gasteiger partial charge is 0.0786 e. The predicted octanol–water partition coefficient (Wildman–Crippen LogP) is 2.59. The molecule has 0 aromatic carbocycles. The van der Waals surface area contributed by atoms with Crippen LogP contribution in [0.5, 0.6) is 0 Å². The van der Waals surface area contributed by atoms with E-state index < -0.39 is 0 Å². The van der Waals surface area contributed by atoms with Crippen LogP contribution in [0.4, 0.5) is 0 Å². The molecule has 1 aliphatic rings. The van der Waals surface area contributed by atoms with Crippen LogP contribution < -0.4 is 0 Å². The van der Waals surface area contributed by atoms with E-state index in [4.69, 9.17) is 0 Å². The van der Waals surface area contributed by atoms with Gasteiger partial charge in [0, 0.05) is 11.3 Å². The van der Waals surface area contributed by atoms with Crippen LogP contribution in [0.1, 0.15) is 43.7 Å². The Morgan fingerprint density at radius 1 is 1.27 bits per heavy atom. The molecule has 0 N–H and O–H groups in total. The summed E-state index contributed by atoms with van der Waals surface area (Å²) in [5.74, 6) is 0.725. The first-order valence-electron chi connectivity index (χ1n) is 4.24. The fourth-order valence-corrected chi connectivity index (χ4v) is 2.28. The van der Waals surface area contributed by atoms with Crippen LogP contribution in [-0.2, 0) is 0 Å². The minimum Gasteiger partial charge on any atom is -0.143 e. The zero-order valence-electron chi connectivity index (χ0n) is 6.49. The minimum absolute atomic E-state index is 0.725. The van der Waals surface area contributed by atoms with Crippen molar-refractivity contribution in [3.05, 3.63) is 11.1 Å². The first-order valence-corrected chi connectivity index (χ1v) is 5.07. The average molecular weight is 168 g/mol. The van der Waals surface area contributed by atoms with Crippen molar-refractivity contribution >= 4 is 11.5 Å². The summed E-state index contributed by atoms with van der Waals surface area (Å²) in [7, 11) is 0. The molecule has 0 bridgehead atoms. The van der Waals surface area contributed by atoms with Crippen molar-refractivity contribution in [3.8, 4) is 0 Å². The molecule has 1 fully saturated rings. The van der Waals surface area contributed by atoms with Crippen LogP contribution in [0.25, 0.3) is 0 Å². The highest BCUT2D eigenvalue weighted by atomic mass is 32.1. The molecule has 0 radical (unpaired) electrons. The van der Waals surface area contributed by atoms with Crippen molar-refractivity contribution in [2.75, 3.05) is 0 Å². The highest BCUT2D eigenvalue weighted by Crippen LogP contribution is 2.31. The van der Waals surface area contributed by atoms with Crippen LogP contribution in [0.15, 0.2) is 5.38 Å². The Labute approximate surface area is 70.8 Å². The molecule has 1 aromatic rings. The van der Waals surface area contributed by atoms with Gasteiger partial charge in [0.1, 0.15) is 0 Å². The maximum atomic E-state index is 4.11. The zero-order valence-corrected chi connectivity index (χ0v) is 7.31. The Kier molecular flexibility index (Phi) is 2.17. The van der Waals surface area contributed by atoms with Gasteiger partial charge in [-0.1, -0.05) is 23.8 Å². The van der Waals surface area contributed by atoms with Crippen LogP contribution in [0.2, 0.25) is 0 Å². The highest BCUT2D eigenvalue weighted by molar-refractivity contribution is 7.03. The van der Waals surface area contributed by atoms with E-state index in [0.717, 1.165) is 5.92 Å². The largest absolute Gasteiger partial charge is 0.143 e. The van der Waals surface area contributed by atoms with E-state index >= 15 is 0 Å². The molecule has 1 heterocycles. The van der Waals surface area contributed by atoms with Gasteiger partial charge in [0.05, 0.1) is 5.69 Å². The van der Waals surface area contributed by atoms with Crippen molar-refractivity contribution in [1.29, 1.82) is 0 Å². The van der Waals surface area contributed by atoms with Gasteiger partial charge in [-0.25, -0.2) is 0 Å². The SMILES string of the molecule is c1snnc1C1CCCCC1. The van der Waals surface area contributed by atoms with Crippen LogP contribution in [0, 0.1) is 0 Å².